The second-order valence-electron chi connectivity index (χ2n) is 5.95. The summed E-state index contributed by atoms with van der Waals surface area (Å²) in [5.74, 6) is 1.72. The van der Waals surface area contributed by atoms with Crippen molar-refractivity contribution in [3.05, 3.63) is 17.0 Å². The molecule has 2 aliphatic rings. The van der Waals surface area contributed by atoms with E-state index in [0.29, 0.717) is 11.2 Å². The molecule has 0 spiro atoms. The van der Waals surface area contributed by atoms with E-state index in [4.69, 9.17) is 11.6 Å². The van der Waals surface area contributed by atoms with Crippen LogP contribution in [0.25, 0.3) is 0 Å². The van der Waals surface area contributed by atoms with E-state index in [1.165, 1.54) is 39.1 Å². The summed E-state index contributed by atoms with van der Waals surface area (Å²) in [6, 6.07) is 2.53. The summed E-state index contributed by atoms with van der Waals surface area (Å²) >= 11 is 6.05. The molecule has 0 amide bonds. The number of aryl methyl sites for hydroxylation is 1. The van der Waals surface area contributed by atoms with Crippen molar-refractivity contribution in [2.24, 2.45) is 0 Å². The van der Waals surface area contributed by atoms with Crippen LogP contribution in [0, 0.1) is 6.92 Å². The number of rotatable bonds is 3. The Morgan fingerprint density at radius 3 is 2.62 bits per heavy atom. The third kappa shape index (κ3) is 3.47. The molecule has 0 radical (unpaired) electrons. The van der Waals surface area contributed by atoms with Crippen molar-refractivity contribution in [1.29, 1.82) is 0 Å². The van der Waals surface area contributed by atoms with Crippen LogP contribution in [0.2, 0.25) is 5.15 Å². The molecule has 21 heavy (non-hydrogen) atoms. The van der Waals surface area contributed by atoms with Gasteiger partial charge >= 0.3 is 0 Å². The maximum Gasteiger partial charge on any atom is 0.134 e. The minimum Gasteiger partial charge on any atom is -0.355 e. The van der Waals surface area contributed by atoms with Gasteiger partial charge in [-0.3, -0.25) is 4.90 Å². The Bertz CT molecular complexity index is 467. The fourth-order valence-electron chi connectivity index (χ4n) is 3.37. The number of anilines is 1. The van der Waals surface area contributed by atoms with Crippen molar-refractivity contribution in [2.75, 3.05) is 50.7 Å². The first-order chi connectivity index (χ1) is 10.2. The fourth-order valence-corrected chi connectivity index (χ4v) is 3.59. The minimum atomic E-state index is 0.539. The predicted octanol–water partition coefficient (Wildman–Crippen LogP) is 1.65. The summed E-state index contributed by atoms with van der Waals surface area (Å²) in [4.78, 5) is 16.2. The Balaban J connectivity index is 1.60. The molecule has 3 rings (SSSR count). The lowest BCUT2D eigenvalue weighted by atomic mass is 10.2. The molecular weight excluding hydrogens is 286 g/mol. The zero-order valence-corrected chi connectivity index (χ0v) is 13.7. The predicted molar refractivity (Wildman–Crippen MR) is 86.1 cm³/mol. The molecule has 2 saturated heterocycles. The second-order valence-corrected chi connectivity index (χ2v) is 6.34. The van der Waals surface area contributed by atoms with Gasteiger partial charge in [0.25, 0.3) is 0 Å². The summed E-state index contributed by atoms with van der Waals surface area (Å²) < 4.78 is 0. The van der Waals surface area contributed by atoms with Gasteiger partial charge in [0.1, 0.15) is 16.8 Å². The first-order valence-electron chi connectivity index (χ1n) is 7.88. The van der Waals surface area contributed by atoms with E-state index in [9.17, 15) is 0 Å². The molecule has 0 saturated carbocycles. The molecule has 0 aromatic carbocycles. The Morgan fingerprint density at radius 1 is 1.19 bits per heavy atom. The van der Waals surface area contributed by atoms with E-state index in [0.717, 1.165) is 24.7 Å². The molecule has 1 aromatic rings. The number of hydrogen-bond donors (Lipinski definition) is 0. The van der Waals surface area contributed by atoms with Gasteiger partial charge in [-0.05, 0) is 19.9 Å². The van der Waals surface area contributed by atoms with Gasteiger partial charge in [0.15, 0.2) is 0 Å². The quantitative estimate of drug-likeness (QED) is 0.794. The first-order valence-corrected chi connectivity index (χ1v) is 8.26. The van der Waals surface area contributed by atoms with E-state index in [-0.39, 0.29) is 0 Å². The summed E-state index contributed by atoms with van der Waals surface area (Å²) in [5.41, 5.74) is 0. The van der Waals surface area contributed by atoms with Crippen LogP contribution in [-0.4, -0.2) is 71.6 Å². The molecule has 2 fully saturated rings. The Kier molecular flexibility index (Phi) is 4.62. The lowest BCUT2D eigenvalue weighted by molar-refractivity contribution is 0.107. The molecule has 3 heterocycles. The smallest absolute Gasteiger partial charge is 0.134 e. The highest BCUT2D eigenvalue weighted by molar-refractivity contribution is 6.29. The highest BCUT2D eigenvalue weighted by Gasteiger charge is 2.30. The molecule has 116 valence electrons. The van der Waals surface area contributed by atoms with Crippen molar-refractivity contribution in [2.45, 2.75) is 26.3 Å². The number of nitrogens with zero attached hydrogens (tertiary/aromatic N) is 5. The van der Waals surface area contributed by atoms with Crippen LogP contribution in [0.3, 0.4) is 0 Å². The SMILES string of the molecule is CCN1CCN(C2CCN(c3cc(Cl)nc(C)n3)C2)CC1. The monoisotopic (exact) mass is 309 g/mol. The standard InChI is InChI=1S/C15H24ClN5/c1-3-19-6-8-20(9-7-19)13-4-5-21(11-13)15-10-14(16)17-12(2)18-15/h10,13H,3-9,11H2,1-2H3. The molecule has 0 aliphatic carbocycles. The van der Waals surface area contributed by atoms with Gasteiger partial charge in [0.05, 0.1) is 0 Å². The van der Waals surface area contributed by atoms with Crippen LogP contribution in [0.15, 0.2) is 6.07 Å². The molecule has 0 bridgehead atoms. The molecule has 2 aliphatic heterocycles. The zero-order chi connectivity index (χ0) is 14.8. The minimum absolute atomic E-state index is 0.539. The molecule has 1 atom stereocenters. The van der Waals surface area contributed by atoms with Gasteiger partial charge in [-0.15, -0.1) is 0 Å². The highest BCUT2D eigenvalue weighted by Crippen LogP contribution is 2.24. The third-order valence-electron chi connectivity index (χ3n) is 4.65. The summed E-state index contributed by atoms with van der Waals surface area (Å²) in [7, 11) is 0. The highest BCUT2D eigenvalue weighted by atomic mass is 35.5. The van der Waals surface area contributed by atoms with E-state index in [1.807, 2.05) is 13.0 Å². The third-order valence-corrected chi connectivity index (χ3v) is 4.84. The molecule has 6 heteroatoms. The number of hydrogen-bond acceptors (Lipinski definition) is 5. The largest absolute Gasteiger partial charge is 0.355 e. The van der Waals surface area contributed by atoms with Gasteiger partial charge < -0.3 is 9.80 Å². The lowest BCUT2D eigenvalue weighted by Gasteiger charge is -2.37. The lowest BCUT2D eigenvalue weighted by Crippen LogP contribution is -2.50. The average Bonchev–Trinajstić information content (AvgIpc) is 2.96. The molecule has 0 N–H and O–H groups in total. The van der Waals surface area contributed by atoms with Crippen molar-refractivity contribution < 1.29 is 0 Å². The maximum absolute atomic E-state index is 6.05. The van der Waals surface area contributed by atoms with Gasteiger partial charge in [0, 0.05) is 51.4 Å². The van der Waals surface area contributed by atoms with Crippen molar-refractivity contribution in [1.82, 2.24) is 19.8 Å². The molecule has 1 unspecified atom stereocenters. The number of halogens is 1. The van der Waals surface area contributed by atoms with Crippen LogP contribution in [-0.2, 0) is 0 Å². The fraction of sp³-hybridized carbons (Fsp3) is 0.733. The van der Waals surface area contributed by atoms with Crippen molar-refractivity contribution >= 4 is 17.4 Å². The molecule has 5 nitrogen and oxygen atoms in total. The first kappa shape index (κ1) is 15.0. The maximum atomic E-state index is 6.05. The average molecular weight is 310 g/mol. The van der Waals surface area contributed by atoms with E-state index in [2.05, 4.69) is 31.6 Å². The molecule has 1 aromatic heterocycles. The van der Waals surface area contributed by atoms with Crippen LogP contribution in [0.4, 0.5) is 5.82 Å². The van der Waals surface area contributed by atoms with Crippen LogP contribution in [0.5, 0.6) is 0 Å². The van der Waals surface area contributed by atoms with Gasteiger partial charge in [-0.1, -0.05) is 18.5 Å². The van der Waals surface area contributed by atoms with Crippen molar-refractivity contribution in [3.63, 3.8) is 0 Å². The zero-order valence-electron chi connectivity index (χ0n) is 12.9. The number of likely N-dealkylation sites (N-methyl/N-ethyl adjacent to an activating group) is 1. The van der Waals surface area contributed by atoms with Crippen molar-refractivity contribution in [3.8, 4) is 0 Å². The van der Waals surface area contributed by atoms with Gasteiger partial charge in [-0.2, -0.15) is 0 Å². The van der Waals surface area contributed by atoms with Crippen LogP contribution >= 0.6 is 11.6 Å². The Hall–Kier alpha value is -0.910. The number of aromatic nitrogens is 2. The topological polar surface area (TPSA) is 35.5 Å². The second kappa shape index (κ2) is 6.46. The summed E-state index contributed by atoms with van der Waals surface area (Å²) in [5, 5.41) is 0.539. The van der Waals surface area contributed by atoms with E-state index < -0.39 is 0 Å². The normalized spacial score (nSPS) is 24.7. The Labute approximate surface area is 131 Å². The van der Waals surface area contributed by atoms with E-state index in [1.54, 1.807) is 0 Å². The number of piperazine rings is 1. The summed E-state index contributed by atoms with van der Waals surface area (Å²) in [6.07, 6.45) is 1.22. The van der Waals surface area contributed by atoms with Crippen LogP contribution in [0.1, 0.15) is 19.2 Å². The van der Waals surface area contributed by atoms with Gasteiger partial charge in [-0.25, -0.2) is 9.97 Å². The Morgan fingerprint density at radius 2 is 1.95 bits per heavy atom. The summed E-state index contributed by atoms with van der Waals surface area (Å²) in [6.45, 7) is 12.2. The molecular formula is C15H24ClN5. The van der Waals surface area contributed by atoms with Gasteiger partial charge in [0.2, 0.25) is 0 Å². The van der Waals surface area contributed by atoms with Crippen LogP contribution < -0.4 is 4.90 Å². The van der Waals surface area contributed by atoms with E-state index >= 15 is 0 Å².